The van der Waals surface area contributed by atoms with Gasteiger partial charge in [0.15, 0.2) is 5.96 Å². The highest BCUT2D eigenvalue weighted by molar-refractivity contribution is 5.94. The number of aryl methyl sites for hydroxylation is 1. The lowest BCUT2D eigenvalue weighted by molar-refractivity contribution is 0.0740. The molecule has 0 atom stereocenters. The number of aliphatic imine (C=N–C) groups is 1. The molecular weight excluding hydrogens is 408 g/mol. The molecule has 178 valence electrons. The zero-order valence-corrected chi connectivity index (χ0v) is 20.9. The standard InChI is InChI=1S/C28H40N4O/c1-20-17-23-24(28(4,5)14-13-27(23,2)3)18-22(20)19-32(16-10-9-15-31-26(29)30)25(33)21-11-7-6-8-12-21/h6-8,11-12,17-18H,9-10,13-16,19H2,1-5H3,(H4,29,30,31). The Labute approximate surface area is 199 Å². The molecule has 3 rings (SSSR count). The van der Waals surface area contributed by atoms with Crippen molar-refractivity contribution in [3.8, 4) is 0 Å². The second-order valence-electron chi connectivity index (χ2n) is 10.7. The first-order chi connectivity index (χ1) is 15.5. The quantitative estimate of drug-likeness (QED) is 0.337. The van der Waals surface area contributed by atoms with Crippen molar-refractivity contribution in [2.24, 2.45) is 16.5 Å². The molecule has 5 heteroatoms. The normalized spacial score (nSPS) is 16.0. The highest BCUT2D eigenvalue weighted by Crippen LogP contribution is 2.46. The molecule has 0 bridgehead atoms. The van der Waals surface area contributed by atoms with Crippen molar-refractivity contribution in [2.75, 3.05) is 13.1 Å². The first-order valence-electron chi connectivity index (χ1n) is 12.1. The smallest absolute Gasteiger partial charge is 0.254 e. The van der Waals surface area contributed by atoms with Crippen molar-refractivity contribution in [1.82, 2.24) is 4.90 Å². The van der Waals surface area contributed by atoms with Gasteiger partial charge in [-0.3, -0.25) is 9.79 Å². The van der Waals surface area contributed by atoms with Gasteiger partial charge in [-0.15, -0.1) is 0 Å². The Kier molecular flexibility index (Phi) is 7.51. The molecule has 0 saturated heterocycles. The van der Waals surface area contributed by atoms with Gasteiger partial charge in [0.05, 0.1) is 0 Å². The minimum absolute atomic E-state index is 0.0640. The monoisotopic (exact) mass is 448 g/mol. The summed E-state index contributed by atoms with van der Waals surface area (Å²) in [6.45, 7) is 13.4. The van der Waals surface area contributed by atoms with E-state index >= 15 is 0 Å². The number of unbranched alkanes of at least 4 members (excludes halogenated alkanes) is 1. The molecule has 0 fully saturated rings. The number of guanidine groups is 1. The van der Waals surface area contributed by atoms with Crippen LogP contribution in [0.5, 0.6) is 0 Å². The number of nitrogens with zero attached hydrogens (tertiary/aromatic N) is 2. The van der Waals surface area contributed by atoms with E-state index < -0.39 is 0 Å². The number of carbonyl (C=O) groups is 1. The van der Waals surface area contributed by atoms with Crippen molar-refractivity contribution >= 4 is 11.9 Å². The van der Waals surface area contributed by atoms with Crippen molar-refractivity contribution in [1.29, 1.82) is 0 Å². The van der Waals surface area contributed by atoms with Crippen LogP contribution >= 0.6 is 0 Å². The van der Waals surface area contributed by atoms with Crippen molar-refractivity contribution < 1.29 is 4.79 Å². The molecule has 1 aliphatic carbocycles. The van der Waals surface area contributed by atoms with Gasteiger partial charge < -0.3 is 16.4 Å². The van der Waals surface area contributed by atoms with Crippen LogP contribution in [-0.4, -0.2) is 29.9 Å². The largest absolute Gasteiger partial charge is 0.370 e. The number of amides is 1. The summed E-state index contributed by atoms with van der Waals surface area (Å²) in [7, 11) is 0. The van der Waals surface area contributed by atoms with Crippen molar-refractivity contribution in [2.45, 2.75) is 77.7 Å². The highest BCUT2D eigenvalue weighted by Gasteiger charge is 2.37. The minimum Gasteiger partial charge on any atom is -0.370 e. The SMILES string of the molecule is Cc1cc2c(cc1CN(CCCCN=C(N)N)C(=O)c1ccccc1)C(C)(C)CCC2(C)C. The maximum atomic E-state index is 13.4. The van der Waals surface area contributed by atoms with Crippen LogP contribution in [0.1, 0.15) is 86.0 Å². The molecule has 0 aliphatic heterocycles. The Bertz CT molecular complexity index is 1000. The first-order valence-corrected chi connectivity index (χ1v) is 12.1. The summed E-state index contributed by atoms with van der Waals surface area (Å²) in [6.07, 6.45) is 4.05. The van der Waals surface area contributed by atoms with E-state index in [0.29, 0.717) is 19.6 Å². The average Bonchev–Trinajstić information content (AvgIpc) is 2.76. The fourth-order valence-corrected chi connectivity index (χ4v) is 4.78. The molecule has 0 aromatic heterocycles. The zero-order valence-electron chi connectivity index (χ0n) is 20.9. The van der Waals surface area contributed by atoms with Gasteiger partial charge in [-0.25, -0.2) is 0 Å². The summed E-state index contributed by atoms with van der Waals surface area (Å²) < 4.78 is 0. The number of hydrogen-bond donors (Lipinski definition) is 2. The van der Waals surface area contributed by atoms with E-state index in [4.69, 9.17) is 11.5 Å². The Morgan fingerprint density at radius 1 is 0.970 bits per heavy atom. The second-order valence-corrected chi connectivity index (χ2v) is 10.7. The van der Waals surface area contributed by atoms with Gasteiger partial charge >= 0.3 is 0 Å². The summed E-state index contributed by atoms with van der Waals surface area (Å²) in [4.78, 5) is 19.5. The van der Waals surface area contributed by atoms with Crippen molar-refractivity contribution in [3.63, 3.8) is 0 Å². The third-order valence-corrected chi connectivity index (χ3v) is 7.11. The van der Waals surface area contributed by atoms with Gasteiger partial charge in [0.2, 0.25) is 0 Å². The van der Waals surface area contributed by atoms with Crippen molar-refractivity contribution in [3.05, 3.63) is 70.3 Å². The molecule has 1 amide bonds. The lowest BCUT2D eigenvalue weighted by Crippen LogP contribution is -2.35. The molecule has 0 saturated carbocycles. The van der Waals surface area contributed by atoms with Crippen LogP contribution in [0.3, 0.4) is 0 Å². The summed E-state index contributed by atoms with van der Waals surface area (Å²) in [6, 6.07) is 14.3. The third kappa shape index (κ3) is 5.95. The maximum Gasteiger partial charge on any atom is 0.254 e. The van der Waals surface area contributed by atoms with E-state index in [1.165, 1.54) is 35.1 Å². The fourth-order valence-electron chi connectivity index (χ4n) is 4.78. The Balaban J connectivity index is 1.88. The van der Waals surface area contributed by atoms with E-state index in [2.05, 4.69) is 51.7 Å². The number of benzene rings is 2. The molecule has 2 aromatic carbocycles. The molecule has 0 spiro atoms. The topological polar surface area (TPSA) is 84.7 Å². The Morgan fingerprint density at radius 3 is 2.18 bits per heavy atom. The van der Waals surface area contributed by atoms with E-state index in [0.717, 1.165) is 18.4 Å². The van der Waals surface area contributed by atoms with Crippen LogP contribution < -0.4 is 11.5 Å². The minimum atomic E-state index is 0.0640. The van der Waals surface area contributed by atoms with Gasteiger partial charge in [0.1, 0.15) is 0 Å². The summed E-state index contributed by atoms with van der Waals surface area (Å²) in [5, 5.41) is 0. The van der Waals surface area contributed by atoms with Gasteiger partial charge in [-0.05, 0) is 77.8 Å². The van der Waals surface area contributed by atoms with E-state index in [1.54, 1.807) is 0 Å². The molecule has 5 nitrogen and oxygen atoms in total. The second kappa shape index (κ2) is 9.98. The molecule has 0 unspecified atom stereocenters. The molecule has 1 aliphatic rings. The average molecular weight is 449 g/mol. The summed E-state index contributed by atoms with van der Waals surface area (Å²) >= 11 is 0. The number of carbonyl (C=O) groups excluding carboxylic acids is 1. The van der Waals surface area contributed by atoms with Gasteiger partial charge in [-0.1, -0.05) is 58.0 Å². The molecule has 0 heterocycles. The summed E-state index contributed by atoms with van der Waals surface area (Å²) in [5.41, 5.74) is 17.3. The van der Waals surface area contributed by atoms with E-state index in [-0.39, 0.29) is 22.7 Å². The number of rotatable bonds is 8. The van der Waals surface area contributed by atoms with Crippen LogP contribution in [-0.2, 0) is 17.4 Å². The zero-order chi connectivity index (χ0) is 24.2. The Morgan fingerprint density at radius 2 is 1.58 bits per heavy atom. The number of hydrogen-bond acceptors (Lipinski definition) is 2. The predicted octanol–water partition coefficient (Wildman–Crippen LogP) is 5.04. The van der Waals surface area contributed by atoms with E-state index in [1.807, 2.05) is 35.2 Å². The van der Waals surface area contributed by atoms with Crippen LogP contribution in [0.25, 0.3) is 0 Å². The molecule has 0 radical (unpaired) electrons. The molecule has 4 N–H and O–H groups in total. The molecular formula is C28H40N4O. The molecule has 2 aromatic rings. The van der Waals surface area contributed by atoms with Gasteiger partial charge in [-0.2, -0.15) is 0 Å². The van der Waals surface area contributed by atoms with Crippen LogP contribution in [0.4, 0.5) is 0 Å². The maximum absolute atomic E-state index is 13.4. The third-order valence-electron chi connectivity index (χ3n) is 7.11. The number of nitrogens with two attached hydrogens (primary N) is 2. The molecule has 33 heavy (non-hydrogen) atoms. The van der Waals surface area contributed by atoms with Crippen LogP contribution in [0.2, 0.25) is 0 Å². The van der Waals surface area contributed by atoms with Gasteiger partial charge in [0.25, 0.3) is 5.91 Å². The predicted molar refractivity (Wildman–Crippen MR) is 138 cm³/mol. The lowest BCUT2D eigenvalue weighted by Gasteiger charge is -2.42. The summed E-state index contributed by atoms with van der Waals surface area (Å²) in [5.74, 6) is 0.177. The lowest BCUT2D eigenvalue weighted by atomic mass is 9.62. The first kappa shape index (κ1) is 24.8. The van der Waals surface area contributed by atoms with Crippen LogP contribution in [0, 0.1) is 6.92 Å². The Hall–Kier alpha value is -2.82. The van der Waals surface area contributed by atoms with Crippen LogP contribution in [0.15, 0.2) is 47.5 Å². The highest BCUT2D eigenvalue weighted by atomic mass is 16.2. The number of fused-ring (bicyclic) bond motifs is 1. The van der Waals surface area contributed by atoms with E-state index in [9.17, 15) is 4.79 Å². The fraction of sp³-hybridized carbons (Fsp3) is 0.500. The van der Waals surface area contributed by atoms with Gasteiger partial charge in [0, 0.05) is 25.2 Å².